The molecule has 0 radical (unpaired) electrons. The summed E-state index contributed by atoms with van der Waals surface area (Å²) in [7, 11) is -2.56. The topological polar surface area (TPSA) is 114 Å². The molecule has 1 amide bonds. The number of carbonyl (C=O) groups excluding carboxylic acids is 1. The van der Waals surface area contributed by atoms with Crippen LogP contribution in [-0.4, -0.2) is 62.7 Å². The van der Waals surface area contributed by atoms with E-state index in [1.165, 1.54) is 59.0 Å². The Morgan fingerprint density at radius 3 is 2.75 bits per heavy atom. The summed E-state index contributed by atoms with van der Waals surface area (Å²) in [5.41, 5.74) is 0.629. The number of methoxy groups -OCH3 is 1. The van der Waals surface area contributed by atoms with Gasteiger partial charge in [-0.05, 0) is 30.2 Å². The summed E-state index contributed by atoms with van der Waals surface area (Å²) in [5, 5.41) is 3.55. The summed E-state index contributed by atoms with van der Waals surface area (Å²) in [6.07, 6.45) is 0.803. The van der Waals surface area contributed by atoms with E-state index in [4.69, 9.17) is 9.47 Å². The SMILES string of the molecule is COc1cc(-c2cccc(F)c2)c(F)cc1N1C(=O)CO[C@H]2CN(S(=O)(=O)Nc3ccon3)CC[C@@H]21. The molecule has 1 N–H and O–H groups in total. The van der Waals surface area contributed by atoms with Gasteiger partial charge in [0, 0.05) is 30.8 Å². The quantitative estimate of drug-likeness (QED) is 0.532. The highest BCUT2D eigenvalue weighted by Crippen LogP contribution is 2.39. The van der Waals surface area contributed by atoms with Crippen LogP contribution in [-0.2, 0) is 19.7 Å². The van der Waals surface area contributed by atoms with E-state index in [0.29, 0.717) is 5.56 Å². The largest absolute Gasteiger partial charge is 0.495 e. The fraction of sp³-hybridized carbons (Fsp3) is 0.304. The number of benzene rings is 2. The Morgan fingerprint density at radius 1 is 1.19 bits per heavy atom. The number of hydrogen-bond donors (Lipinski definition) is 1. The molecule has 0 aliphatic carbocycles. The van der Waals surface area contributed by atoms with Crippen LogP contribution in [0.5, 0.6) is 5.75 Å². The maximum absolute atomic E-state index is 15.2. The van der Waals surface area contributed by atoms with E-state index in [2.05, 4.69) is 14.4 Å². The van der Waals surface area contributed by atoms with Crippen molar-refractivity contribution in [2.45, 2.75) is 18.6 Å². The Morgan fingerprint density at radius 2 is 2.03 bits per heavy atom. The Balaban J connectivity index is 1.43. The number of amides is 1. The molecule has 2 aliphatic rings. The number of hydrogen-bond acceptors (Lipinski definition) is 7. The smallest absolute Gasteiger partial charge is 0.302 e. The molecule has 0 unspecified atom stereocenters. The molecular formula is C23H22F2N4O6S. The lowest BCUT2D eigenvalue weighted by Gasteiger charge is -2.46. The van der Waals surface area contributed by atoms with Gasteiger partial charge in [0.15, 0.2) is 5.82 Å². The van der Waals surface area contributed by atoms with Crippen LogP contribution >= 0.6 is 0 Å². The second-order valence-electron chi connectivity index (χ2n) is 8.33. The zero-order valence-corrected chi connectivity index (χ0v) is 19.9. The number of carbonyl (C=O) groups is 1. The number of ether oxygens (including phenoxy) is 2. The Kier molecular flexibility index (Phi) is 6.36. The fourth-order valence-electron chi connectivity index (χ4n) is 4.53. The van der Waals surface area contributed by atoms with Gasteiger partial charge < -0.3 is 18.9 Å². The van der Waals surface area contributed by atoms with Crippen LogP contribution in [0.1, 0.15) is 6.42 Å². The van der Waals surface area contributed by atoms with Gasteiger partial charge in [-0.25, -0.2) is 8.78 Å². The minimum Gasteiger partial charge on any atom is -0.495 e. The highest BCUT2D eigenvalue weighted by molar-refractivity contribution is 7.90. The van der Waals surface area contributed by atoms with Gasteiger partial charge >= 0.3 is 10.2 Å². The van der Waals surface area contributed by atoms with Crippen LogP contribution in [0.4, 0.5) is 20.3 Å². The molecule has 5 rings (SSSR count). The zero-order valence-electron chi connectivity index (χ0n) is 19.1. The minimum atomic E-state index is -3.95. The molecule has 0 spiro atoms. The molecular weight excluding hydrogens is 498 g/mol. The number of anilines is 2. The monoisotopic (exact) mass is 520 g/mol. The molecule has 3 heterocycles. The third kappa shape index (κ3) is 4.52. The van der Waals surface area contributed by atoms with Crippen LogP contribution in [0, 0.1) is 11.6 Å². The van der Waals surface area contributed by atoms with Gasteiger partial charge in [-0.1, -0.05) is 17.3 Å². The zero-order chi connectivity index (χ0) is 25.4. The van der Waals surface area contributed by atoms with E-state index in [1.807, 2.05) is 0 Å². The standard InChI is InChI=1S/C23H22F2N4O6S/c1-33-20-10-16(14-3-2-4-15(24)9-14)17(25)11-19(20)29-18-5-7-28(12-21(18)34-13-23(29)30)36(31,32)27-22-6-8-35-26-22/h2-4,6,8-11,18,21H,5,7,12-13H2,1H3,(H,26,27)/t18-,21-/m0/s1. The summed E-state index contributed by atoms with van der Waals surface area (Å²) in [6.45, 7) is -0.274. The minimum absolute atomic E-state index is 0.0339. The maximum atomic E-state index is 15.2. The highest BCUT2D eigenvalue weighted by Gasteiger charge is 2.44. The molecule has 10 nitrogen and oxygen atoms in total. The van der Waals surface area contributed by atoms with Crippen molar-refractivity contribution < 1.29 is 36.0 Å². The van der Waals surface area contributed by atoms with Crippen molar-refractivity contribution in [3.63, 3.8) is 0 Å². The number of nitrogens with zero attached hydrogens (tertiary/aromatic N) is 3. The first-order valence-corrected chi connectivity index (χ1v) is 12.5. The lowest BCUT2D eigenvalue weighted by atomic mass is 9.97. The number of aromatic nitrogens is 1. The number of fused-ring (bicyclic) bond motifs is 1. The van der Waals surface area contributed by atoms with Gasteiger partial charge in [0.05, 0.1) is 24.9 Å². The molecule has 2 atom stereocenters. The maximum Gasteiger partial charge on any atom is 0.302 e. The van der Waals surface area contributed by atoms with Crippen LogP contribution in [0.2, 0.25) is 0 Å². The predicted octanol–water partition coefficient (Wildman–Crippen LogP) is 2.79. The molecule has 3 aromatic rings. The number of nitrogens with one attached hydrogen (secondary N) is 1. The lowest BCUT2D eigenvalue weighted by Crippen LogP contribution is -2.62. The Bertz CT molecular complexity index is 1390. The van der Waals surface area contributed by atoms with Crippen LogP contribution < -0.4 is 14.4 Å². The van der Waals surface area contributed by atoms with Crippen molar-refractivity contribution in [2.24, 2.45) is 0 Å². The molecule has 2 saturated heterocycles. The van der Waals surface area contributed by atoms with E-state index >= 15 is 4.39 Å². The van der Waals surface area contributed by atoms with E-state index in [0.717, 1.165) is 0 Å². The van der Waals surface area contributed by atoms with Crippen molar-refractivity contribution in [3.05, 3.63) is 60.4 Å². The van der Waals surface area contributed by atoms with Crippen molar-refractivity contribution in [1.29, 1.82) is 0 Å². The average Bonchev–Trinajstić information content (AvgIpc) is 3.36. The summed E-state index contributed by atoms with van der Waals surface area (Å²) >= 11 is 0. The van der Waals surface area contributed by atoms with Crippen LogP contribution in [0.25, 0.3) is 11.1 Å². The average molecular weight is 521 g/mol. The van der Waals surface area contributed by atoms with Crippen molar-refractivity contribution in [3.8, 4) is 16.9 Å². The number of morpholine rings is 1. The van der Waals surface area contributed by atoms with Crippen molar-refractivity contribution >= 4 is 27.6 Å². The van der Waals surface area contributed by atoms with Gasteiger partial charge in [-0.3, -0.25) is 9.52 Å². The first-order chi connectivity index (χ1) is 17.3. The molecule has 36 heavy (non-hydrogen) atoms. The Labute approximate surface area is 205 Å². The van der Waals surface area contributed by atoms with Crippen LogP contribution in [0.15, 0.2) is 53.3 Å². The second kappa shape index (κ2) is 9.48. The molecule has 2 fully saturated rings. The summed E-state index contributed by atoms with van der Waals surface area (Å²) < 4.78 is 73.9. The number of rotatable bonds is 6. The van der Waals surface area contributed by atoms with E-state index in [-0.39, 0.29) is 48.9 Å². The molecule has 0 bridgehead atoms. The molecule has 2 aliphatic heterocycles. The molecule has 2 aromatic carbocycles. The van der Waals surface area contributed by atoms with Gasteiger partial charge in [0.1, 0.15) is 30.3 Å². The van der Waals surface area contributed by atoms with E-state index < -0.39 is 39.9 Å². The number of piperidine rings is 1. The van der Waals surface area contributed by atoms with Gasteiger partial charge in [0.25, 0.3) is 5.91 Å². The predicted molar refractivity (Wildman–Crippen MR) is 125 cm³/mol. The molecule has 0 saturated carbocycles. The Hall–Kier alpha value is -3.55. The van der Waals surface area contributed by atoms with E-state index in [1.54, 1.807) is 6.07 Å². The fourth-order valence-corrected chi connectivity index (χ4v) is 5.72. The van der Waals surface area contributed by atoms with Crippen molar-refractivity contribution in [2.75, 3.05) is 36.4 Å². The summed E-state index contributed by atoms with van der Waals surface area (Å²) in [4.78, 5) is 14.3. The summed E-state index contributed by atoms with van der Waals surface area (Å²) in [5.74, 6) is -1.33. The van der Waals surface area contributed by atoms with Gasteiger partial charge in [-0.15, -0.1) is 0 Å². The first-order valence-electron chi connectivity index (χ1n) is 11.0. The van der Waals surface area contributed by atoms with Crippen molar-refractivity contribution in [1.82, 2.24) is 9.46 Å². The normalized spacial score (nSPS) is 20.8. The van der Waals surface area contributed by atoms with E-state index in [9.17, 15) is 17.6 Å². The lowest BCUT2D eigenvalue weighted by molar-refractivity contribution is -0.134. The molecule has 1 aromatic heterocycles. The van der Waals surface area contributed by atoms with Gasteiger partial charge in [0.2, 0.25) is 0 Å². The molecule has 190 valence electrons. The first kappa shape index (κ1) is 24.2. The third-order valence-electron chi connectivity index (χ3n) is 6.18. The third-order valence-corrected chi connectivity index (χ3v) is 7.66. The number of halogens is 2. The van der Waals surface area contributed by atoms with Gasteiger partial charge in [-0.2, -0.15) is 12.7 Å². The summed E-state index contributed by atoms with van der Waals surface area (Å²) in [6, 6.07) is 8.91. The highest BCUT2D eigenvalue weighted by atomic mass is 32.2. The van der Waals surface area contributed by atoms with Crippen LogP contribution in [0.3, 0.4) is 0 Å². The molecule has 13 heteroatoms. The second-order valence-corrected chi connectivity index (χ2v) is 10.0.